The van der Waals surface area contributed by atoms with Gasteiger partial charge in [-0.15, -0.1) is 0 Å². The molecule has 6 nitrogen and oxygen atoms in total. The molecule has 0 unspecified atom stereocenters. The molecule has 294 valence electrons. The number of hydrogen-bond donors (Lipinski definition) is 0. The SMILES string of the molecule is CC(C)(C)[Si](C)(C)O[C@@H]1Cc2c(OCc3ccccc3)cc(OCc3ccccc3)c(Br)c2O[C@@H]1c1ccc(OCc2ccccc2)c(OCc2ccccc2)c1. The van der Waals surface area contributed by atoms with Crippen molar-refractivity contribution < 1.29 is 28.1 Å². The molecular weight excluding hydrogens is 793 g/mol. The molecular formula is C49H51BrO6Si. The maximum Gasteiger partial charge on any atom is 0.192 e. The van der Waals surface area contributed by atoms with Gasteiger partial charge in [-0.3, -0.25) is 0 Å². The Kier molecular flexibility index (Phi) is 12.7. The van der Waals surface area contributed by atoms with Gasteiger partial charge in [0.15, 0.2) is 19.8 Å². The minimum Gasteiger partial charge on any atom is -0.488 e. The van der Waals surface area contributed by atoms with E-state index in [0.717, 1.165) is 37.9 Å². The van der Waals surface area contributed by atoms with E-state index in [1.165, 1.54) is 0 Å². The van der Waals surface area contributed by atoms with E-state index in [0.29, 0.717) is 61.6 Å². The van der Waals surface area contributed by atoms with E-state index in [9.17, 15) is 0 Å². The molecule has 0 amide bonds. The van der Waals surface area contributed by atoms with Gasteiger partial charge in [-0.1, -0.05) is 148 Å². The lowest BCUT2D eigenvalue weighted by Crippen LogP contribution is -2.47. The summed E-state index contributed by atoms with van der Waals surface area (Å²) in [7, 11) is -2.30. The zero-order chi connectivity index (χ0) is 39.8. The third kappa shape index (κ3) is 10.1. The molecule has 0 fully saturated rings. The van der Waals surface area contributed by atoms with Gasteiger partial charge in [-0.05, 0) is 74.0 Å². The molecule has 0 aliphatic carbocycles. The highest BCUT2D eigenvalue weighted by atomic mass is 79.9. The summed E-state index contributed by atoms with van der Waals surface area (Å²) in [6, 6.07) is 48.8. The maximum atomic E-state index is 7.30. The monoisotopic (exact) mass is 842 g/mol. The van der Waals surface area contributed by atoms with Crippen LogP contribution in [0.2, 0.25) is 18.1 Å². The number of benzene rings is 6. The van der Waals surface area contributed by atoms with Gasteiger partial charge in [-0.25, -0.2) is 0 Å². The zero-order valence-electron chi connectivity index (χ0n) is 33.4. The van der Waals surface area contributed by atoms with Crippen molar-refractivity contribution >= 4 is 24.2 Å². The highest BCUT2D eigenvalue weighted by Gasteiger charge is 2.44. The van der Waals surface area contributed by atoms with E-state index in [2.05, 4.69) is 110 Å². The quantitative estimate of drug-likeness (QED) is 0.0960. The first-order chi connectivity index (χ1) is 27.5. The Morgan fingerprint density at radius 2 is 1.00 bits per heavy atom. The molecule has 1 heterocycles. The van der Waals surface area contributed by atoms with E-state index in [1.807, 2.05) is 84.9 Å². The van der Waals surface area contributed by atoms with E-state index in [1.54, 1.807) is 0 Å². The van der Waals surface area contributed by atoms with Gasteiger partial charge in [0, 0.05) is 18.1 Å². The fraction of sp³-hybridized carbons (Fsp3) is 0.265. The topological polar surface area (TPSA) is 55.4 Å². The molecule has 1 aliphatic heterocycles. The summed E-state index contributed by atoms with van der Waals surface area (Å²) in [6.07, 6.45) is -0.226. The Bertz CT molecular complexity index is 2210. The first-order valence-electron chi connectivity index (χ1n) is 19.5. The minimum atomic E-state index is -2.30. The third-order valence-electron chi connectivity index (χ3n) is 10.7. The highest BCUT2D eigenvalue weighted by Crippen LogP contribution is 2.51. The molecule has 1 aliphatic rings. The summed E-state index contributed by atoms with van der Waals surface area (Å²) in [5.74, 6) is 3.32. The predicted octanol–water partition coefficient (Wildman–Crippen LogP) is 12.8. The van der Waals surface area contributed by atoms with E-state index in [4.69, 9.17) is 28.1 Å². The number of rotatable bonds is 15. The molecule has 0 aromatic heterocycles. The van der Waals surface area contributed by atoms with Crippen LogP contribution in [0.15, 0.2) is 150 Å². The molecule has 0 bridgehead atoms. The largest absolute Gasteiger partial charge is 0.488 e. The Balaban J connectivity index is 1.28. The maximum absolute atomic E-state index is 7.30. The third-order valence-corrected chi connectivity index (χ3v) is 16.0. The lowest BCUT2D eigenvalue weighted by atomic mass is 9.93. The molecule has 0 saturated heterocycles. The van der Waals surface area contributed by atoms with Crippen LogP contribution in [-0.4, -0.2) is 14.4 Å². The first kappa shape index (κ1) is 40.2. The van der Waals surface area contributed by atoms with E-state index < -0.39 is 14.4 Å². The van der Waals surface area contributed by atoms with E-state index in [-0.39, 0.29) is 11.1 Å². The van der Waals surface area contributed by atoms with Gasteiger partial charge in [-0.2, -0.15) is 0 Å². The van der Waals surface area contributed by atoms with Crippen LogP contribution in [0.4, 0.5) is 0 Å². The second kappa shape index (κ2) is 18.1. The van der Waals surface area contributed by atoms with Gasteiger partial charge < -0.3 is 28.1 Å². The number of hydrogen-bond acceptors (Lipinski definition) is 6. The van der Waals surface area contributed by atoms with Crippen LogP contribution >= 0.6 is 15.9 Å². The van der Waals surface area contributed by atoms with Gasteiger partial charge in [0.05, 0.1) is 6.10 Å². The number of fused-ring (bicyclic) bond motifs is 1. The molecule has 7 rings (SSSR count). The molecule has 57 heavy (non-hydrogen) atoms. The second-order valence-electron chi connectivity index (χ2n) is 16.0. The Labute approximate surface area is 347 Å². The zero-order valence-corrected chi connectivity index (χ0v) is 36.0. The molecule has 2 atom stereocenters. The molecule has 0 spiro atoms. The van der Waals surface area contributed by atoms with Crippen LogP contribution < -0.4 is 23.7 Å². The summed E-state index contributed by atoms with van der Waals surface area (Å²) < 4.78 is 41.3. The van der Waals surface area contributed by atoms with Gasteiger partial charge in [0.25, 0.3) is 0 Å². The standard InChI is InChI=1S/C49H51BrO6Si/c1-49(2,3)57(4,5)56-45-29-40-42(52-32-36-20-12-7-13-21-36)30-44(54-34-38-24-16-9-17-25-38)46(50)48(40)55-47(45)39-26-27-41(51-31-35-18-10-6-11-19-35)43(28-39)53-33-37-22-14-8-15-23-37/h6-28,30,45,47H,29,31-34H2,1-5H3/t45-,47-/m1/s1. The fourth-order valence-electron chi connectivity index (χ4n) is 6.50. The van der Waals surface area contributed by atoms with Crippen molar-refractivity contribution in [3.8, 4) is 28.7 Å². The van der Waals surface area contributed by atoms with Crippen molar-refractivity contribution in [3.63, 3.8) is 0 Å². The van der Waals surface area contributed by atoms with Crippen LogP contribution in [0.25, 0.3) is 0 Å². The van der Waals surface area contributed by atoms with Gasteiger partial charge in [0.1, 0.15) is 54.3 Å². The summed E-state index contributed by atoms with van der Waals surface area (Å²) >= 11 is 3.92. The first-order valence-corrected chi connectivity index (χ1v) is 23.2. The summed E-state index contributed by atoms with van der Waals surface area (Å²) in [4.78, 5) is 0. The van der Waals surface area contributed by atoms with Crippen LogP contribution in [0, 0.1) is 0 Å². The van der Waals surface area contributed by atoms with Crippen molar-refractivity contribution in [2.75, 3.05) is 0 Å². The average molecular weight is 844 g/mol. The van der Waals surface area contributed by atoms with Crippen LogP contribution in [0.3, 0.4) is 0 Å². The van der Waals surface area contributed by atoms with Crippen LogP contribution in [-0.2, 0) is 37.3 Å². The van der Waals surface area contributed by atoms with E-state index >= 15 is 0 Å². The smallest absolute Gasteiger partial charge is 0.192 e. The predicted molar refractivity (Wildman–Crippen MR) is 233 cm³/mol. The van der Waals surface area contributed by atoms with Crippen LogP contribution in [0.5, 0.6) is 28.7 Å². The van der Waals surface area contributed by atoms with Crippen molar-refractivity contribution in [2.24, 2.45) is 0 Å². The Morgan fingerprint density at radius 1 is 0.561 bits per heavy atom. The highest BCUT2D eigenvalue weighted by molar-refractivity contribution is 9.10. The van der Waals surface area contributed by atoms with Crippen molar-refractivity contribution in [1.82, 2.24) is 0 Å². The van der Waals surface area contributed by atoms with Gasteiger partial charge >= 0.3 is 0 Å². The number of ether oxygens (including phenoxy) is 5. The average Bonchev–Trinajstić information content (AvgIpc) is 3.22. The summed E-state index contributed by atoms with van der Waals surface area (Å²) in [5, 5.41) is -0.0285. The molecule has 0 radical (unpaired) electrons. The van der Waals surface area contributed by atoms with Crippen LogP contribution in [0.1, 0.15) is 60.3 Å². The summed E-state index contributed by atoms with van der Waals surface area (Å²) in [5.41, 5.74) is 6.14. The second-order valence-corrected chi connectivity index (χ2v) is 21.5. The molecule has 6 aromatic carbocycles. The summed E-state index contributed by atoms with van der Waals surface area (Å²) in [6.45, 7) is 13.0. The lowest BCUT2D eigenvalue weighted by molar-refractivity contribution is 0.0264. The van der Waals surface area contributed by atoms with Crippen molar-refractivity contribution in [3.05, 3.63) is 183 Å². The minimum absolute atomic E-state index is 0.0285. The lowest BCUT2D eigenvalue weighted by Gasteiger charge is -2.43. The fourth-order valence-corrected chi connectivity index (χ4v) is 8.38. The Hall–Kier alpha value is -5.02. The van der Waals surface area contributed by atoms with Gasteiger partial charge in [0.2, 0.25) is 0 Å². The van der Waals surface area contributed by atoms with Crippen molar-refractivity contribution in [2.45, 2.75) is 84.0 Å². The Morgan fingerprint density at radius 3 is 1.47 bits per heavy atom. The normalized spacial score (nSPS) is 15.3. The number of halogens is 1. The van der Waals surface area contributed by atoms with Crippen molar-refractivity contribution in [1.29, 1.82) is 0 Å². The molecule has 8 heteroatoms. The molecule has 6 aromatic rings. The molecule has 0 saturated carbocycles. The molecule has 0 N–H and O–H groups in total.